The molecular formula is C13H11N5. The van der Waals surface area contributed by atoms with Crippen molar-refractivity contribution in [2.75, 3.05) is 5.73 Å². The molecule has 5 nitrogen and oxygen atoms in total. The summed E-state index contributed by atoms with van der Waals surface area (Å²) in [7, 11) is 0. The van der Waals surface area contributed by atoms with Gasteiger partial charge in [-0.25, -0.2) is 15.0 Å². The van der Waals surface area contributed by atoms with Crippen LogP contribution in [-0.2, 0) is 0 Å². The zero-order valence-corrected chi connectivity index (χ0v) is 9.83. The molecule has 0 radical (unpaired) electrons. The van der Waals surface area contributed by atoms with Gasteiger partial charge >= 0.3 is 0 Å². The number of nitrogens with two attached hydrogens (primary N) is 1. The van der Waals surface area contributed by atoms with Gasteiger partial charge in [0.05, 0.1) is 0 Å². The van der Waals surface area contributed by atoms with Crippen LogP contribution < -0.4 is 5.73 Å². The van der Waals surface area contributed by atoms with Crippen LogP contribution in [0.2, 0.25) is 0 Å². The Morgan fingerprint density at radius 2 is 1.78 bits per heavy atom. The molecule has 0 fully saturated rings. The first-order valence-electron chi connectivity index (χ1n) is 5.56. The third-order valence-corrected chi connectivity index (χ3v) is 2.75. The molecule has 2 heterocycles. The van der Waals surface area contributed by atoms with Gasteiger partial charge in [0.1, 0.15) is 11.2 Å². The van der Waals surface area contributed by atoms with E-state index in [4.69, 9.17) is 5.73 Å². The minimum atomic E-state index is 0.209. The second-order valence-corrected chi connectivity index (χ2v) is 3.97. The number of rotatable bonds is 1. The molecule has 0 aliphatic carbocycles. The quantitative estimate of drug-likeness (QED) is 0.700. The first kappa shape index (κ1) is 10.6. The highest BCUT2D eigenvalue weighted by Gasteiger charge is 2.11. The Bertz CT molecular complexity index is 723. The standard InChI is InChI=1S/C13H11N5/c1-8-4-2-3-5-9(8)10-11-12(16-7-6-15-11)18-13(14)17-10/h2-7H,1H3,(H2,14,16,17,18). The topological polar surface area (TPSA) is 77.6 Å². The van der Waals surface area contributed by atoms with E-state index in [2.05, 4.69) is 19.9 Å². The van der Waals surface area contributed by atoms with Gasteiger partial charge in [0, 0.05) is 18.0 Å². The van der Waals surface area contributed by atoms with Gasteiger partial charge in [-0.3, -0.25) is 0 Å². The molecule has 18 heavy (non-hydrogen) atoms. The highest BCUT2D eigenvalue weighted by molar-refractivity contribution is 5.88. The zero-order chi connectivity index (χ0) is 12.5. The Kier molecular flexibility index (Phi) is 2.37. The predicted octanol–water partition coefficient (Wildman–Crippen LogP) is 1.98. The monoisotopic (exact) mass is 237 g/mol. The van der Waals surface area contributed by atoms with E-state index in [0.717, 1.165) is 16.8 Å². The lowest BCUT2D eigenvalue weighted by Gasteiger charge is -2.07. The maximum Gasteiger partial charge on any atom is 0.222 e. The van der Waals surface area contributed by atoms with E-state index in [0.29, 0.717) is 11.2 Å². The van der Waals surface area contributed by atoms with E-state index in [-0.39, 0.29) is 5.95 Å². The summed E-state index contributed by atoms with van der Waals surface area (Å²) in [5.41, 5.74) is 9.74. The Labute approximate surface area is 104 Å². The average Bonchev–Trinajstić information content (AvgIpc) is 2.38. The van der Waals surface area contributed by atoms with Crippen LogP contribution in [0.25, 0.3) is 22.4 Å². The van der Waals surface area contributed by atoms with Crippen LogP contribution in [0.4, 0.5) is 5.95 Å². The number of nitrogens with zero attached hydrogens (tertiary/aromatic N) is 4. The lowest BCUT2D eigenvalue weighted by molar-refractivity contribution is 1.16. The Balaban J connectivity index is 2.39. The Hall–Kier alpha value is -2.56. The molecule has 3 rings (SSSR count). The fourth-order valence-corrected chi connectivity index (χ4v) is 1.91. The number of hydrogen-bond acceptors (Lipinski definition) is 5. The van der Waals surface area contributed by atoms with Crippen LogP contribution in [0.5, 0.6) is 0 Å². The zero-order valence-electron chi connectivity index (χ0n) is 9.83. The van der Waals surface area contributed by atoms with Crippen molar-refractivity contribution in [2.24, 2.45) is 0 Å². The van der Waals surface area contributed by atoms with Crippen molar-refractivity contribution in [3.05, 3.63) is 42.2 Å². The number of aromatic nitrogens is 4. The minimum absolute atomic E-state index is 0.209. The molecule has 0 saturated carbocycles. The van der Waals surface area contributed by atoms with Crippen molar-refractivity contribution in [2.45, 2.75) is 6.92 Å². The normalized spacial score (nSPS) is 10.7. The number of aryl methyl sites for hydroxylation is 1. The summed E-state index contributed by atoms with van der Waals surface area (Å²) in [5.74, 6) is 0.209. The van der Waals surface area contributed by atoms with Crippen molar-refractivity contribution in [1.82, 2.24) is 19.9 Å². The van der Waals surface area contributed by atoms with E-state index in [9.17, 15) is 0 Å². The molecule has 1 aromatic carbocycles. The molecule has 0 aliphatic rings. The smallest absolute Gasteiger partial charge is 0.222 e. The van der Waals surface area contributed by atoms with Crippen molar-refractivity contribution >= 4 is 17.1 Å². The summed E-state index contributed by atoms with van der Waals surface area (Å²) in [4.78, 5) is 16.8. The second-order valence-electron chi connectivity index (χ2n) is 3.97. The van der Waals surface area contributed by atoms with Gasteiger partial charge in [-0.05, 0) is 12.5 Å². The van der Waals surface area contributed by atoms with Gasteiger partial charge in [0.25, 0.3) is 0 Å². The average molecular weight is 237 g/mol. The molecular weight excluding hydrogens is 226 g/mol. The molecule has 5 heteroatoms. The van der Waals surface area contributed by atoms with Gasteiger partial charge in [-0.1, -0.05) is 24.3 Å². The third kappa shape index (κ3) is 1.66. The van der Waals surface area contributed by atoms with E-state index in [1.165, 1.54) is 0 Å². The summed E-state index contributed by atoms with van der Waals surface area (Å²) in [6, 6.07) is 7.96. The van der Waals surface area contributed by atoms with Gasteiger partial charge < -0.3 is 5.73 Å². The van der Waals surface area contributed by atoms with Crippen LogP contribution in [0.15, 0.2) is 36.7 Å². The first-order chi connectivity index (χ1) is 8.75. The third-order valence-electron chi connectivity index (χ3n) is 2.75. The van der Waals surface area contributed by atoms with Crippen LogP contribution in [0.1, 0.15) is 5.56 Å². The van der Waals surface area contributed by atoms with Crippen LogP contribution in [0.3, 0.4) is 0 Å². The van der Waals surface area contributed by atoms with Crippen molar-refractivity contribution in [3.8, 4) is 11.3 Å². The van der Waals surface area contributed by atoms with Crippen molar-refractivity contribution in [3.63, 3.8) is 0 Å². The summed E-state index contributed by atoms with van der Waals surface area (Å²) >= 11 is 0. The van der Waals surface area contributed by atoms with Crippen molar-refractivity contribution in [1.29, 1.82) is 0 Å². The number of benzene rings is 1. The molecule has 0 saturated heterocycles. The molecule has 0 aliphatic heterocycles. The van der Waals surface area contributed by atoms with E-state index >= 15 is 0 Å². The van der Waals surface area contributed by atoms with E-state index in [1.807, 2.05) is 31.2 Å². The molecule has 0 spiro atoms. The Morgan fingerprint density at radius 3 is 2.61 bits per heavy atom. The SMILES string of the molecule is Cc1ccccc1-c1nc(N)nc2nccnc12. The van der Waals surface area contributed by atoms with E-state index < -0.39 is 0 Å². The maximum atomic E-state index is 5.72. The highest BCUT2D eigenvalue weighted by atomic mass is 15.0. The molecule has 3 aromatic rings. The maximum absolute atomic E-state index is 5.72. The Morgan fingerprint density at radius 1 is 1.00 bits per heavy atom. The van der Waals surface area contributed by atoms with Gasteiger partial charge in [-0.15, -0.1) is 0 Å². The van der Waals surface area contributed by atoms with Crippen LogP contribution in [-0.4, -0.2) is 19.9 Å². The molecule has 0 amide bonds. The van der Waals surface area contributed by atoms with Gasteiger partial charge in [-0.2, -0.15) is 4.98 Å². The first-order valence-corrected chi connectivity index (χ1v) is 5.56. The summed E-state index contributed by atoms with van der Waals surface area (Å²) in [6.45, 7) is 2.02. The molecule has 88 valence electrons. The number of fused-ring (bicyclic) bond motifs is 1. The summed E-state index contributed by atoms with van der Waals surface area (Å²) in [5, 5.41) is 0. The predicted molar refractivity (Wildman–Crippen MR) is 69.7 cm³/mol. The molecule has 0 unspecified atom stereocenters. The van der Waals surface area contributed by atoms with Crippen molar-refractivity contribution < 1.29 is 0 Å². The minimum Gasteiger partial charge on any atom is -0.368 e. The van der Waals surface area contributed by atoms with Gasteiger partial charge in [0.15, 0.2) is 5.65 Å². The lowest BCUT2D eigenvalue weighted by Crippen LogP contribution is -2.01. The largest absolute Gasteiger partial charge is 0.368 e. The highest BCUT2D eigenvalue weighted by Crippen LogP contribution is 2.26. The second kappa shape index (κ2) is 4.03. The van der Waals surface area contributed by atoms with Crippen LogP contribution >= 0.6 is 0 Å². The summed E-state index contributed by atoms with van der Waals surface area (Å²) in [6.07, 6.45) is 3.22. The number of hydrogen-bond donors (Lipinski definition) is 1. The lowest BCUT2D eigenvalue weighted by atomic mass is 10.1. The van der Waals surface area contributed by atoms with Crippen LogP contribution in [0, 0.1) is 6.92 Å². The van der Waals surface area contributed by atoms with Gasteiger partial charge in [0.2, 0.25) is 5.95 Å². The summed E-state index contributed by atoms with van der Waals surface area (Å²) < 4.78 is 0. The number of anilines is 1. The molecule has 2 aromatic heterocycles. The fourth-order valence-electron chi connectivity index (χ4n) is 1.91. The molecule has 0 atom stereocenters. The van der Waals surface area contributed by atoms with E-state index in [1.54, 1.807) is 12.4 Å². The number of nitrogen functional groups attached to an aromatic ring is 1. The molecule has 0 bridgehead atoms. The molecule has 2 N–H and O–H groups in total. The fraction of sp³-hybridized carbons (Fsp3) is 0.0769.